The third kappa shape index (κ3) is 3.97. The summed E-state index contributed by atoms with van der Waals surface area (Å²) in [5.41, 5.74) is 0.895. The Hall–Kier alpha value is -2.04. The maximum absolute atomic E-state index is 12.3. The highest BCUT2D eigenvalue weighted by molar-refractivity contribution is 5.98. The van der Waals surface area contributed by atoms with E-state index in [9.17, 15) is 9.59 Å². The topological polar surface area (TPSA) is 65.7 Å². The van der Waals surface area contributed by atoms with Gasteiger partial charge in [0.2, 0.25) is 0 Å². The van der Waals surface area contributed by atoms with Crippen LogP contribution in [0.1, 0.15) is 43.8 Å². The Kier molecular flexibility index (Phi) is 6.21. The SMILES string of the molecule is CC=C(C(=O)OCC)C(C(=O)OCC)c1cc(C)oc1C. The summed E-state index contributed by atoms with van der Waals surface area (Å²) in [4.78, 5) is 24.4. The molecule has 1 rings (SSSR count). The minimum Gasteiger partial charge on any atom is -0.466 e. The Bertz CT molecular complexity index is 539. The zero-order chi connectivity index (χ0) is 16.0. The number of ether oxygens (including phenoxy) is 2. The number of esters is 2. The number of hydrogen-bond donors (Lipinski definition) is 0. The van der Waals surface area contributed by atoms with E-state index in [1.54, 1.807) is 46.8 Å². The second kappa shape index (κ2) is 7.67. The van der Waals surface area contributed by atoms with Crippen molar-refractivity contribution in [2.45, 2.75) is 40.5 Å². The average molecular weight is 294 g/mol. The van der Waals surface area contributed by atoms with Gasteiger partial charge in [0.15, 0.2) is 0 Å². The fourth-order valence-corrected chi connectivity index (χ4v) is 2.20. The van der Waals surface area contributed by atoms with Gasteiger partial charge in [-0.05, 0) is 40.7 Å². The van der Waals surface area contributed by atoms with Crippen LogP contribution in [0.4, 0.5) is 0 Å². The molecule has 1 heterocycles. The molecule has 0 aromatic carbocycles. The molecule has 5 heteroatoms. The summed E-state index contributed by atoms with van der Waals surface area (Å²) in [6.45, 7) is 9.17. The molecule has 0 spiro atoms. The van der Waals surface area contributed by atoms with Crippen LogP contribution in [0.15, 0.2) is 22.1 Å². The van der Waals surface area contributed by atoms with Crippen LogP contribution in [0.25, 0.3) is 0 Å². The minimum atomic E-state index is -0.827. The molecule has 0 bridgehead atoms. The lowest BCUT2D eigenvalue weighted by molar-refractivity contribution is -0.147. The van der Waals surface area contributed by atoms with Crippen molar-refractivity contribution >= 4 is 11.9 Å². The Labute approximate surface area is 124 Å². The smallest absolute Gasteiger partial charge is 0.334 e. The molecule has 0 aliphatic carbocycles. The molecule has 0 aliphatic rings. The maximum atomic E-state index is 12.3. The van der Waals surface area contributed by atoms with Crippen LogP contribution < -0.4 is 0 Å². The maximum Gasteiger partial charge on any atom is 0.334 e. The lowest BCUT2D eigenvalue weighted by Crippen LogP contribution is -2.24. The fraction of sp³-hybridized carbons (Fsp3) is 0.500. The van der Waals surface area contributed by atoms with Gasteiger partial charge in [-0.15, -0.1) is 0 Å². The lowest BCUT2D eigenvalue weighted by atomic mass is 9.90. The van der Waals surface area contributed by atoms with Crippen molar-refractivity contribution < 1.29 is 23.5 Å². The second-order valence-corrected chi connectivity index (χ2v) is 4.52. The van der Waals surface area contributed by atoms with Crippen molar-refractivity contribution in [3.63, 3.8) is 0 Å². The molecule has 1 aromatic rings. The van der Waals surface area contributed by atoms with E-state index in [1.807, 2.05) is 0 Å². The van der Waals surface area contributed by atoms with Gasteiger partial charge in [0, 0.05) is 5.56 Å². The summed E-state index contributed by atoms with van der Waals surface area (Å²) in [6, 6.07) is 1.75. The number of aryl methyl sites for hydroxylation is 2. The van der Waals surface area contributed by atoms with Crippen LogP contribution in [-0.2, 0) is 19.1 Å². The number of allylic oxidation sites excluding steroid dienone is 1. The van der Waals surface area contributed by atoms with Crippen LogP contribution in [0.2, 0.25) is 0 Å². The first-order valence-electron chi connectivity index (χ1n) is 7.03. The first kappa shape index (κ1) is 17.0. The van der Waals surface area contributed by atoms with Crippen molar-refractivity contribution in [3.8, 4) is 0 Å². The summed E-state index contributed by atoms with van der Waals surface area (Å²) >= 11 is 0. The number of rotatable bonds is 6. The van der Waals surface area contributed by atoms with E-state index in [-0.39, 0.29) is 18.8 Å². The molecule has 0 aliphatic heterocycles. The molecule has 0 N–H and O–H groups in total. The van der Waals surface area contributed by atoms with Gasteiger partial charge in [-0.3, -0.25) is 4.79 Å². The quantitative estimate of drug-likeness (QED) is 0.596. The predicted molar refractivity (Wildman–Crippen MR) is 77.9 cm³/mol. The largest absolute Gasteiger partial charge is 0.466 e. The van der Waals surface area contributed by atoms with E-state index in [0.29, 0.717) is 17.1 Å². The summed E-state index contributed by atoms with van der Waals surface area (Å²) in [7, 11) is 0. The standard InChI is InChI=1S/C16H22O5/c1-6-12(15(17)19-7-2)14(16(18)20-8-3)13-9-10(4)21-11(13)5/h6,9,14H,7-8H2,1-5H3. The molecular weight excluding hydrogens is 272 g/mol. The zero-order valence-corrected chi connectivity index (χ0v) is 13.2. The molecule has 5 nitrogen and oxygen atoms in total. The van der Waals surface area contributed by atoms with E-state index in [2.05, 4.69) is 0 Å². The average Bonchev–Trinajstić information content (AvgIpc) is 2.74. The molecule has 0 saturated carbocycles. The van der Waals surface area contributed by atoms with Gasteiger partial charge in [0.1, 0.15) is 17.4 Å². The summed E-state index contributed by atoms with van der Waals surface area (Å²) < 4.78 is 15.6. The predicted octanol–water partition coefficient (Wildman–Crippen LogP) is 3.05. The number of furan rings is 1. The highest BCUT2D eigenvalue weighted by atomic mass is 16.5. The molecule has 0 fully saturated rings. The third-order valence-electron chi connectivity index (χ3n) is 3.05. The van der Waals surface area contributed by atoms with Crippen LogP contribution in [0.5, 0.6) is 0 Å². The van der Waals surface area contributed by atoms with Gasteiger partial charge in [-0.25, -0.2) is 4.79 Å². The Morgan fingerprint density at radius 1 is 1.24 bits per heavy atom. The monoisotopic (exact) mass is 294 g/mol. The van der Waals surface area contributed by atoms with Crippen molar-refractivity contribution in [3.05, 3.63) is 34.8 Å². The van der Waals surface area contributed by atoms with Crippen molar-refractivity contribution in [2.24, 2.45) is 0 Å². The Balaban J connectivity index is 3.28. The van der Waals surface area contributed by atoms with E-state index < -0.39 is 17.9 Å². The molecule has 116 valence electrons. The van der Waals surface area contributed by atoms with Gasteiger partial charge >= 0.3 is 11.9 Å². The number of carbonyl (C=O) groups excluding carboxylic acids is 2. The summed E-state index contributed by atoms with van der Waals surface area (Å²) in [5, 5.41) is 0. The molecule has 1 atom stereocenters. The molecule has 1 unspecified atom stereocenters. The summed E-state index contributed by atoms with van der Waals surface area (Å²) in [5.74, 6) is -0.560. The van der Waals surface area contributed by atoms with Crippen molar-refractivity contribution in [2.75, 3.05) is 13.2 Å². The van der Waals surface area contributed by atoms with E-state index in [1.165, 1.54) is 0 Å². The molecular formula is C16H22O5. The Morgan fingerprint density at radius 3 is 2.29 bits per heavy atom. The highest BCUT2D eigenvalue weighted by Crippen LogP contribution is 2.31. The lowest BCUT2D eigenvalue weighted by Gasteiger charge is -2.17. The van der Waals surface area contributed by atoms with Gasteiger partial charge < -0.3 is 13.9 Å². The van der Waals surface area contributed by atoms with E-state index in [0.717, 1.165) is 0 Å². The molecule has 1 aromatic heterocycles. The van der Waals surface area contributed by atoms with E-state index in [4.69, 9.17) is 13.9 Å². The molecule has 0 radical (unpaired) electrons. The number of carbonyl (C=O) groups is 2. The van der Waals surface area contributed by atoms with Gasteiger partial charge in [0.25, 0.3) is 0 Å². The normalized spacial score (nSPS) is 12.9. The van der Waals surface area contributed by atoms with Crippen LogP contribution in [0.3, 0.4) is 0 Å². The van der Waals surface area contributed by atoms with Gasteiger partial charge in [-0.1, -0.05) is 6.08 Å². The molecule has 0 saturated heterocycles. The first-order valence-corrected chi connectivity index (χ1v) is 7.03. The Morgan fingerprint density at radius 2 is 1.86 bits per heavy atom. The fourth-order valence-electron chi connectivity index (χ4n) is 2.20. The van der Waals surface area contributed by atoms with Crippen LogP contribution >= 0.6 is 0 Å². The molecule has 21 heavy (non-hydrogen) atoms. The van der Waals surface area contributed by atoms with E-state index >= 15 is 0 Å². The van der Waals surface area contributed by atoms with Gasteiger partial charge in [0.05, 0.1) is 18.8 Å². The zero-order valence-electron chi connectivity index (χ0n) is 13.2. The highest BCUT2D eigenvalue weighted by Gasteiger charge is 2.33. The van der Waals surface area contributed by atoms with Crippen LogP contribution in [-0.4, -0.2) is 25.2 Å². The number of hydrogen-bond acceptors (Lipinski definition) is 5. The van der Waals surface area contributed by atoms with Gasteiger partial charge in [-0.2, -0.15) is 0 Å². The van der Waals surface area contributed by atoms with Crippen molar-refractivity contribution in [1.29, 1.82) is 0 Å². The summed E-state index contributed by atoms with van der Waals surface area (Å²) in [6.07, 6.45) is 1.58. The van der Waals surface area contributed by atoms with Crippen LogP contribution in [0, 0.1) is 13.8 Å². The second-order valence-electron chi connectivity index (χ2n) is 4.52. The van der Waals surface area contributed by atoms with Crippen molar-refractivity contribution in [1.82, 2.24) is 0 Å². The molecule has 0 amide bonds. The minimum absolute atomic E-state index is 0.241. The third-order valence-corrected chi connectivity index (χ3v) is 3.05. The first-order chi connectivity index (χ1) is 9.96.